The molecule has 0 aliphatic carbocycles. The predicted molar refractivity (Wildman–Crippen MR) is 47.6 cm³/mol. The van der Waals surface area contributed by atoms with Crippen LogP contribution in [0.4, 0.5) is 0 Å². The highest BCUT2D eigenvalue weighted by atomic mass is 16.5. The van der Waals surface area contributed by atoms with Crippen LogP contribution < -0.4 is 0 Å². The minimum Gasteiger partial charge on any atom is -0.481 e. The maximum Gasteiger partial charge on any atom is 0.308 e. The van der Waals surface area contributed by atoms with E-state index in [1.807, 2.05) is 0 Å². The molecular weight excluding hydrogens is 184 g/mol. The van der Waals surface area contributed by atoms with E-state index in [4.69, 9.17) is 9.63 Å². The van der Waals surface area contributed by atoms with Gasteiger partial charge in [-0.2, -0.15) is 0 Å². The van der Waals surface area contributed by atoms with Gasteiger partial charge >= 0.3 is 5.97 Å². The largest absolute Gasteiger partial charge is 0.481 e. The minimum atomic E-state index is -0.898. The van der Waals surface area contributed by atoms with Gasteiger partial charge in [-0.3, -0.25) is 4.79 Å². The average Bonchev–Trinajstić information content (AvgIpc) is 2.70. The molecule has 0 saturated heterocycles. The van der Waals surface area contributed by atoms with Crippen LogP contribution in [0.3, 0.4) is 0 Å². The molecule has 5 nitrogen and oxygen atoms in total. The van der Waals surface area contributed by atoms with E-state index in [9.17, 15) is 4.79 Å². The summed E-state index contributed by atoms with van der Waals surface area (Å²) in [7, 11) is 0. The minimum absolute atomic E-state index is 0.0794. The summed E-state index contributed by atoms with van der Waals surface area (Å²) in [6.45, 7) is 0. The van der Waals surface area contributed by atoms with Crippen molar-refractivity contribution in [1.29, 1.82) is 0 Å². The van der Waals surface area contributed by atoms with E-state index in [2.05, 4.69) is 10.1 Å². The van der Waals surface area contributed by atoms with E-state index < -0.39 is 5.97 Å². The maximum atomic E-state index is 10.5. The Hall–Kier alpha value is -2.04. The Morgan fingerprint density at radius 2 is 2.50 bits per heavy atom. The van der Waals surface area contributed by atoms with Crippen LogP contribution in [-0.2, 0) is 11.2 Å². The van der Waals surface area contributed by atoms with Gasteiger partial charge in [0.15, 0.2) is 5.76 Å². The van der Waals surface area contributed by atoms with Gasteiger partial charge in [-0.25, -0.2) is 0 Å². The van der Waals surface area contributed by atoms with Crippen molar-refractivity contribution in [1.82, 2.24) is 10.1 Å². The fourth-order valence-corrected chi connectivity index (χ4v) is 1.25. The van der Waals surface area contributed by atoms with Gasteiger partial charge in [0.1, 0.15) is 0 Å². The van der Waals surface area contributed by atoms with Crippen LogP contribution in [-0.4, -0.2) is 21.2 Å². The van der Waals surface area contributed by atoms with E-state index in [-0.39, 0.29) is 6.42 Å². The molecule has 0 fully saturated rings. The molecule has 0 aliphatic heterocycles. The fraction of sp³-hybridized carbons (Fsp3) is 0.111. The molecule has 2 rings (SSSR count). The van der Waals surface area contributed by atoms with Crippen molar-refractivity contribution in [3.8, 4) is 11.3 Å². The molecule has 0 aromatic carbocycles. The molecule has 2 aromatic rings. The highest BCUT2D eigenvalue weighted by Gasteiger charge is 2.13. The van der Waals surface area contributed by atoms with Crippen LogP contribution in [0.25, 0.3) is 11.3 Å². The number of carboxylic acid groups (broad SMARTS) is 1. The first kappa shape index (κ1) is 8.55. The van der Waals surface area contributed by atoms with Crippen molar-refractivity contribution in [3.63, 3.8) is 0 Å². The van der Waals surface area contributed by atoms with Crippen LogP contribution in [0.1, 0.15) is 5.56 Å². The highest BCUT2D eigenvalue weighted by molar-refractivity contribution is 5.73. The fourth-order valence-electron chi connectivity index (χ4n) is 1.25. The number of rotatable bonds is 3. The van der Waals surface area contributed by atoms with E-state index in [0.29, 0.717) is 11.3 Å². The van der Waals surface area contributed by atoms with Crippen LogP contribution in [0.15, 0.2) is 29.2 Å². The zero-order chi connectivity index (χ0) is 9.97. The zero-order valence-corrected chi connectivity index (χ0v) is 7.23. The van der Waals surface area contributed by atoms with Gasteiger partial charge < -0.3 is 14.6 Å². The molecule has 0 bridgehead atoms. The van der Waals surface area contributed by atoms with Gasteiger partial charge in [0.25, 0.3) is 0 Å². The number of H-pyrrole nitrogens is 1. The Morgan fingerprint density at radius 3 is 3.14 bits per heavy atom. The topological polar surface area (TPSA) is 79.1 Å². The molecule has 0 saturated carbocycles. The van der Waals surface area contributed by atoms with Gasteiger partial charge in [-0.05, 0) is 6.07 Å². The first-order chi connectivity index (χ1) is 6.77. The number of carbonyl (C=O) groups is 1. The normalized spacial score (nSPS) is 10.3. The molecule has 0 unspecified atom stereocenters. The Kier molecular flexibility index (Phi) is 2.06. The molecule has 2 N–H and O–H groups in total. The SMILES string of the molecule is O=C(O)Cc1cnoc1-c1cc[nH]c1. The molecule has 0 atom stereocenters. The Morgan fingerprint density at radius 1 is 1.64 bits per heavy atom. The monoisotopic (exact) mass is 192 g/mol. The molecule has 0 radical (unpaired) electrons. The summed E-state index contributed by atoms with van der Waals surface area (Å²) >= 11 is 0. The van der Waals surface area contributed by atoms with Crippen molar-refractivity contribution < 1.29 is 14.4 Å². The number of hydrogen-bond donors (Lipinski definition) is 2. The number of aliphatic carboxylic acids is 1. The molecular formula is C9H8N2O3. The van der Waals surface area contributed by atoms with E-state index in [1.54, 1.807) is 18.5 Å². The summed E-state index contributed by atoms with van der Waals surface area (Å²) in [4.78, 5) is 13.4. The highest BCUT2D eigenvalue weighted by Crippen LogP contribution is 2.23. The van der Waals surface area contributed by atoms with E-state index in [0.717, 1.165) is 5.56 Å². The van der Waals surface area contributed by atoms with Crippen molar-refractivity contribution in [3.05, 3.63) is 30.2 Å². The standard InChI is InChI=1S/C9H8N2O3/c12-8(13)3-7-5-11-14-9(7)6-1-2-10-4-6/h1-2,4-5,10H,3H2,(H,12,13). The quantitative estimate of drug-likeness (QED) is 0.768. The average molecular weight is 192 g/mol. The number of aromatic nitrogens is 2. The second kappa shape index (κ2) is 3.37. The third-order valence-corrected chi connectivity index (χ3v) is 1.85. The number of nitrogens with zero attached hydrogens (tertiary/aromatic N) is 1. The molecule has 14 heavy (non-hydrogen) atoms. The number of aromatic amines is 1. The number of nitrogens with one attached hydrogen (secondary N) is 1. The lowest BCUT2D eigenvalue weighted by atomic mass is 10.1. The summed E-state index contributed by atoms with van der Waals surface area (Å²) in [5.74, 6) is -0.390. The zero-order valence-electron chi connectivity index (χ0n) is 7.23. The van der Waals surface area contributed by atoms with E-state index in [1.165, 1.54) is 6.20 Å². The first-order valence-electron chi connectivity index (χ1n) is 4.06. The molecule has 0 aliphatic rings. The van der Waals surface area contributed by atoms with Gasteiger partial charge in [-0.15, -0.1) is 0 Å². The molecule has 2 aromatic heterocycles. The third-order valence-electron chi connectivity index (χ3n) is 1.85. The molecule has 0 spiro atoms. The summed E-state index contributed by atoms with van der Waals surface area (Å²) in [6, 6.07) is 1.80. The summed E-state index contributed by atoms with van der Waals surface area (Å²) in [5.41, 5.74) is 1.39. The van der Waals surface area contributed by atoms with Crippen molar-refractivity contribution in [2.75, 3.05) is 0 Å². The molecule has 5 heteroatoms. The third kappa shape index (κ3) is 1.52. The number of carboxylic acids is 1. The van der Waals surface area contributed by atoms with Gasteiger partial charge in [0.05, 0.1) is 12.6 Å². The van der Waals surface area contributed by atoms with Crippen LogP contribution in [0.2, 0.25) is 0 Å². The maximum absolute atomic E-state index is 10.5. The smallest absolute Gasteiger partial charge is 0.308 e. The summed E-state index contributed by atoms with van der Waals surface area (Å²) in [5, 5.41) is 12.2. The number of hydrogen-bond acceptors (Lipinski definition) is 3. The Balaban J connectivity index is 2.35. The van der Waals surface area contributed by atoms with Gasteiger partial charge in [-0.1, -0.05) is 5.16 Å². The van der Waals surface area contributed by atoms with Crippen LogP contribution >= 0.6 is 0 Å². The van der Waals surface area contributed by atoms with Crippen LogP contribution in [0, 0.1) is 0 Å². The van der Waals surface area contributed by atoms with Crippen LogP contribution in [0.5, 0.6) is 0 Å². The summed E-state index contributed by atoms with van der Waals surface area (Å²) < 4.78 is 4.98. The van der Waals surface area contributed by atoms with Crippen molar-refractivity contribution in [2.24, 2.45) is 0 Å². The predicted octanol–water partition coefficient (Wildman–Crippen LogP) is 1.30. The Labute approximate surface area is 79.3 Å². The second-order valence-corrected chi connectivity index (χ2v) is 2.85. The summed E-state index contributed by atoms with van der Waals surface area (Å²) in [6.07, 6.45) is 4.81. The molecule has 72 valence electrons. The van der Waals surface area contributed by atoms with Crippen molar-refractivity contribution >= 4 is 5.97 Å². The first-order valence-corrected chi connectivity index (χ1v) is 4.06. The lowest BCUT2D eigenvalue weighted by Gasteiger charge is -1.93. The Bertz CT molecular complexity index is 431. The van der Waals surface area contributed by atoms with Crippen molar-refractivity contribution in [2.45, 2.75) is 6.42 Å². The van der Waals surface area contributed by atoms with E-state index >= 15 is 0 Å². The lowest BCUT2D eigenvalue weighted by molar-refractivity contribution is -0.136. The lowest BCUT2D eigenvalue weighted by Crippen LogP contribution is -1.99. The van der Waals surface area contributed by atoms with Gasteiger partial charge in [0.2, 0.25) is 0 Å². The van der Waals surface area contributed by atoms with Gasteiger partial charge in [0, 0.05) is 23.5 Å². The molecule has 2 heterocycles. The second-order valence-electron chi connectivity index (χ2n) is 2.85. The molecule has 0 amide bonds.